The summed E-state index contributed by atoms with van der Waals surface area (Å²) in [6.45, 7) is 4.99. The number of anilines is 1. The third kappa shape index (κ3) is 4.77. The number of carbonyl (C=O) groups is 1. The summed E-state index contributed by atoms with van der Waals surface area (Å²) in [6.07, 6.45) is -4.42. The number of alkyl halides is 3. The molecule has 10 heteroatoms. The van der Waals surface area contributed by atoms with Crippen LogP contribution in [0, 0.1) is 13.8 Å². The number of aliphatic carboxylic acids is 1. The summed E-state index contributed by atoms with van der Waals surface area (Å²) in [5, 5.41) is 8.80. The largest absolute Gasteiger partial charge is 0.482 e. The van der Waals surface area contributed by atoms with Crippen molar-refractivity contribution in [1.82, 2.24) is 0 Å². The summed E-state index contributed by atoms with van der Waals surface area (Å²) < 4.78 is 72.5. The van der Waals surface area contributed by atoms with Crippen molar-refractivity contribution in [3.05, 3.63) is 76.9 Å². The summed E-state index contributed by atoms with van der Waals surface area (Å²) in [4.78, 5) is 10.8. The van der Waals surface area contributed by atoms with Crippen molar-refractivity contribution >= 4 is 21.7 Å². The van der Waals surface area contributed by atoms with Gasteiger partial charge in [-0.05, 0) is 84.1 Å². The molecule has 0 saturated heterocycles. The van der Waals surface area contributed by atoms with Crippen LogP contribution < -0.4 is 9.04 Å². The number of hydrogen-bond donors (Lipinski definition) is 1. The number of fused-ring (bicyclic) bond motifs is 1. The van der Waals surface area contributed by atoms with Gasteiger partial charge in [0.25, 0.3) is 10.0 Å². The SMILES string of the molecule is Cc1cc(S(=O)(=O)N2CC(C)c3cc(-c4ccc(C(F)(F)F)cc4)cc(C)c32)ccc1OCC(=O)O. The second-order valence-corrected chi connectivity index (χ2v) is 10.7. The molecule has 36 heavy (non-hydrogen) atoms. The van der Waals surface area contributed by atoms with Crippen LogP contribution in [-0.2, 0) is 21.0 Å². The summed E-state index contributed by atoms with van der Waals surface area (Å²) >= 11 is 0. The smallest absolute Gasteiger partial charge is 0.416 e. The monoisotopic (exact) mass is 519 g/mol. The van der Waals surface area contributed by atoms with Crippen LogP contribution in [0.25, 0.3) is 11.1 Å². The van der Waals surface area contributed by atoms with Gasteiger partial charge >= 0.3 is 12.1 Å². The maximum absolute atomic E-state index is 13.6. The summed E-state index contributed by atoms with van der Waals surface area (Å²) in [7, 11) is -3.94. The standard InChI is InChI=1S/C26H24F3NO5S/c1-15-11-21(8-9-23(15)35-14-24(31)32)36(33,34)30-13-17(3)22-12-19(10-16(2)25(22)30)18-4-6-20(7-5-18)26(27,28)29/h4-12,17H,13-14H2,1-3H3,(H,31,32). The Morgan fingerprint density at radius 3 is 2.28 bits per heavy atom. The number of aryl methyl sites for hydroxylation is 2. The van der Waals surface area contributed by atoms with Gasteiger partial charge in [-0.3, -0.25) is 4.31 Å². The number of nitrogens with zero attached hydrogens (tertiary/aromatic N) is 1. The number of hydrogen-bond acceptors (Lipinski definition) is 4. The fourth-order valence-corrected chi connectivity index (χ4v) is 6.14. The van der Waals surface area contributed by atoms with Crippen molar-refractivity contribution in [2.24, 2.45) is 0 Å². The van der Waals surface area contributed by atoms with Crippen LogP contribution in [0.1, 0.15) is 35.1 Å². The fraction of sp³-hybridized carbons (Fsp3) is 0.269. The second kappa shape index (κ2) is 9.16. The van der Waals surface area contributed by atoms with Crippen LogP contribution in [-0.4, -0.2) is 32.6 Å². The second-order valence-electron chi connectivity index (χ2n) is 8.85. The van der Waals surface area contributed by atoms with E-state index in [0.29, 0.717) is 27.9 Å². The molecule has 1 aliphatic heterocycles. The van der Waals surface area contributed by atoms with Gasteiger partial charge in [0.15, 0.2) is 6.61 Å². The average Bonchev–Trinajstić information content (AvgIpc) is 3.15. The van der Waals surface area contributed by atoms with Gasteiger partial charge in [-0.1, -0.05) is 19.1 Å². The first-order chi connectivity index (χ1) is 16.8. The fourth-order valence-electron chi connectivity index (χ4n) is 4.41. The van der Waals surface area contributed by atoms with E-state index in [1.54, 1.807) is 19.9 Å². The summed E-state index contributed by atoms with van der Waals surface area (Å²) in [5.74, 6) is -0.994. The highest BCUT2D eigenvalue weighted by molar-refractivity contribution is 7.92. The van der Waals surface area contributed by atoms with Gasteiger partial charge in [-0.15, -0.1) is 0 Å². The predicted molar refractivity (Wildman–Crippen MR) is 129 cm³/mol. The van der Waals surface area contributed by atoms with Crippen LogP contribution in [0.15, 0.2) is 59.5 Å². The normalized spacial score (nSPS) is 15.6. The number of benzene rings is 3. The molecule has 0 bridgehead atoms. The zero-order chi connectivity index (χ0) is 26.4. The lowest BCUT2D eigenvalue weighted by atomic mass is 9.94. The van der Waals surface area contributed by atoms with E-state index in [1.165, 1.54) is 34.6 Å². The van der Waals surface area contributed by atoms with Gasteiger partial charge in [0, 0.05) is 12.5 Å². The Morgan fingerprint density at radius 1 is 1.03 bits per heavy atom. The number of carboxylic acids is 1. The van der Waals surface area contributed by atoms with Gasteiger partial charge in [0.05, 0.1) is 16.1 Å². The molecule has 1 aliphatic rings. The van der Waals surface area contributed by atoms with Gasteiger partial charge < -0.3 is 9.84 Å². The molecule has 1 unspecified atom stereocenters. The lowest BCUT2D eigenvalue weighted by Gasteiger charge is -2.22. The van der Waals surface area contributed by atoms with E-state index >= 15 is 0 Å². The molecule has 0 aliphatic carbocycles. The van der Waals surface area contributed by atoms with Crippen LogP contribution in [0.5, 0.6) is 5.75 Å². The first kappa shape index (κ1) is 25.6. The summed E-state index contributed by atoms with van der Waals surface area (Å²) in [6, 6.07) is 12.8. The minimum Gasteiger partial charge on any atom is -0.482 e. The highest BCUT2D eigenvalue weighted by Crippen LogP contribution is 2.44. The van der Waals surface area contributed by atoms with Gasteiger partial charge in [0.1, 0.15) is 5.75 Å². The van der Waals surface area contributed by atoms with Crippen molar-refractivity contribution < 1.29 is 36.2 Å². The molecule has 0 aromatic heterocycles. The third-order valence-electron chi connectivity index (χ3n) is 6.18. The molecule has 0 radical (unpaired) electrons. The maximum atomic E-state index is 13.6. The van der Waals surface area contributed by atoms with E-state index in [1.807, 2.05) is 13.0 Å². The minimum absolute atomic E-state index is 0.0499. The molecule has 1 heterocycles. The van der Waals surface area contributed by atoms with Crippen LogP contribution in [0.4, 0.5) is 18.9 Å². The van der Waals surface area contributed by atoms with Gasteiger partial charge in [-0.2, -0.15) is 13.2 Å². The molecule has 3 aromatic rings. The molecule has 3 aromatic carbocycles. The van der Waals surface area contributed by atoms with E-state index in [0.717, 1.165) is 17.7 Å². The van der Waals surface area contributed by atoms with E-state index < -0.39 is 34.3 Å². The molecular weight excluding hydrogens is 495 g/mol. The van der Waals surface area contributed by atoms with Crippen molar-refractivity contribution in [1.29, 1.82) is 0 Å². The van der Waals surface area contributed by atoms with E-state index in [9.17, 15) is 26.4 Å². The van der Waals surface area contributed by atoms with Crippen molar-refractivity contribution in [3.8, 4) is 16.9 Å². The maximum Gasteiger partial charge on any atom is 0.416 e. The van der Waals surface area contributed by atoms with E-state index in [4.69, 9.17) is 9.84 Å². The van der Waals surface area contributed by atoms with Gasteiger partial charge in [-0.25, -0.2) is 13.2 Å². The van der Waals surface area contributed by atoms with Gasteiger partial charge in [0.2, 0.25) is 0 Å². The molecule has 4 rings (SSSR count). The highest BCUT2D eigenvalue weighted by Gasteiger charge is 2.36. The first-order valence-corrected chi connectivity index (χ1v) is 12.5. The van der Waals surface area contributed by atoms with Crippen molar-refractivity contribution in [2.75, 3.05) is 17.5 Å². The number of carboxylic acid groups (broad SMARTS) is 1. The zero-order valence-electron chi connectivity index (χ0n) is 19.8. The molecule has 0 saturated carbocycles. The summed E-state index contributed by atoms with van der Waals surface area (Å²) in [5.41, 5.74) is 3.11. The quantitative estimate of drug-likeness (QED) is 0.447. The Balaban J connectivity index is 1.69. The molecule has 0 fully saturated rings. The zero-order valence-corrected chi connectivity index (χ0v) is 20.6. The van der Waals surface area contributed by atoms with Crippen molar-refractivity contribution in [2.45, 2.75) is 37.8 Å². The lowest BCUT2D eigenvalue weighted by Crippen LogP contribution is -2.30. The number of sulfonamides is 1. The first-order valence-electron chi connectivity index (χ1n) is 11.1. The molecule has 0 spiro atoms. The third-order valence-corrected chi connectivity index (χ3v) is 7.94. The number of halogens is 3. The number of ether oxygens (including phenoxy) is 1. The lowest BCUT2D eigenvalue weighted by molar-refractivity contribution is -0.139. The molecule has 1 N–H and O–H groups in total. The predicted octanol–water partition coefficient (Wildman–Crippen LogP) is 5.77. The Labute approximate surface area is 207 Å². The molecule has 1 atom stereocenters. The van der Waals surface area contributed by atoms with E-state index in [2.05, 4.69) is 0 Å². The van der Waals surface area contributed by atoms with Crippen LogP contribution >= 0.6 is 0 Å². The molecule has 190 valence electrons. The number of rotatable bonds is 6. The Kier molecular flexibility index (Phi) is 6.51. The van der Waals surface area contributed by atoms with Crippen LogP contribution in [0.2, 0.25) is 0 Å². The average molecular weight is 520 g/mol. The van der Waals surface area contributed by atoms with E-state index in [-0.39, 0.29) is 23.1 Å². The molecule has 0 amide bonds. The Morgan fingerprint density at radius 2 is 1.69 bits per heavy atom. The minimum atomic E-state index is -4.42. The van der Waals surface area contributed by atoms with Crippen LogP contribution in [0.3, 0.4) is 0 Å². The molecular formula is C26H24F3NO5S. The highest BCUT2D eigenvalue weighted by atomic mass is 32.2. The molecule has 6 nitrogen and oxygen atoms in total. The Bertz CT molecular complexity index is 1430. The topological polar surface area (TPSA) is 83.9 Å². The van der Waals surface area contributed by atoms with Crippen molar-refractivity contribution in [3.63, 3.8) is 0 Å². The Hall–Kier alpha value is -3.53.